The van der Waals surface area contributed by atoms with E-state index in [1.807, 2.05) is 0 Å². The maximum Gasteiger partial charge on any atom is 0.302 e. The van der Waals surface area contributed by atoms with Crippen molar-refractivity contribution in [2.75, 3.05) is 11.0 Å². The molecule has 0 bridgehead atoms. The summed E-state index contributed by atoms with van der Waals surface area (Å²) in [6.45, 7) is 2.08. The zero-order valence-electron chi connectivity index (χ0n) is 15.2. The second-order valence-corrected chi connectivity index (χ2v) is 7.40. The summed E-state index contributed by atoms with van der Waals surface area (Å²) in [5, 5.41) is 0. The van der Waals surface area contributed by atoms with E-state index in [4.69, 9.17) is 4.74 Å². The maximum absolute atomic E-state index is 10.6. The van der Waals surface area contributed by atoms with E-state index in [0.29, 0.717) is 6.61 Å². The van der Waals surface area contributed by atoms with Crippen molar-refractivity contribution in [1.29, 1.82) is 0 Å². The second-order valence-electron chi connectivity index (χ2n) is 6.32. The molecule has 0 aromatic rings. The molecular formula is C20H37IO2. The number of halogens is 1. The summed E-state index contributed by atoms with van der Waals surface area (Å²) < 4.78 is 6.16. The minimum atomic E-state index is -0.155. The highest BCUT2D eigenvalue weighted by Gasteiger charge is 1.95. The lowest BCUT2D eigenvalue weighted by Crippen LogP contribution is -2.00. The van der Waals surface area contributed by atoms with Gasteiger partial charge in [0.25, 0.3) is 0 Å². The first-order chi connectivity index (χ1) is 11.3. The van der Waals surface area contributed by atoms with E-state index in [9.17, 15) is 4.79 Å². The molecule has 0 saturated carbocycles. The number of carbonyl (C=O) groups excluding carboxylic acids is 1. The van der Waals surface area contributed by atoms with Crippen LogP contribution < -0.4 is 0 Å². The molecule has 0 fully saturated rings. The summed E-state index contributed by atoms with van der Waals surface area (Å²) >= 11 is 2.42. The molecule has 0 aromatic heterocycles. The van der Waals surface area contributed by atoms with E-state index < -0.39 is 0 Å². The molecule has 3 heteroatoms. The van der Waals surface area contributed by atoms with Gasteiger partial charge in [-0.2, -0.15) is 0 Å². The summed E-state index contributed by atoms with van der Waals surface area (Å²) in [5.74, 6) is -0.155. The SMILES string of the molecule is CC(=O)OCCCCCCCCCCCCCC/C=C/CCI. The van der Waals surface area contributed by atoms with Crippen molar-refractivity contribution in [3.63, 3.8) is 0 Å². The average Bonchev–Trinajstić information content (AvgIpc) is 2.53. The lowest BCUT2D eigenvalue weighted by Gasteiger charge is -2.03. The van der Waals surface area contributed by atoms with Gasteiger partial charge in [-0.05, 0) is 25.7 Å². The monoisotopic (exact) mass is 436 g/mol. The predicted octanol–water partition coefficient (Wildman–Crippen LogP) is 7.00. The normalized spacial score (nSPS) is 11.2. The lowest BCUT2D eigenvalue weighted by atomic mass is 10.0. The number of hydrogen-bond donors (Lipinski definition) is 0. The Morgan fingerprint density at radius 1 is 0.739 bits per heavy atom. The molecule has 0 amide bonds. The van der Waals surface area contributed by atoms with E-state index >= 15 is 0 Å². The van der Waals surface area contributed by atoms with Crippen LogP contribution in [-0.2, 0) is 9.53 Å². The second kappa shape index (κ2) is 20.0. The van der Waals surface area contributed by atoms with Gasteiger partial charge in [0, 0.05) is 11.4 Å². The van der Waals surface area contributed by atoms with Crippen LogP contribution in [0, 0.1) is 0 Å². The van der Waals surface area contributed by atoms with Crippen molar-refractivity contribution in [3.8, 4) is 0 Å². The molecule has 0 rings (SSSR count). The van der Waals surface area contributed by atoms with Crippen LogP contribution in [0.1, 0.15) is 96.8 Å². The molecule has 23 heavy (non-hydrogen) atoms. The van der Waals surface area contributed by atoms with Crippen molar-refractivity contribution in [1.82, 2.24) is 0 Å². The highest BCUT2D eigenvalue weighted by atomic mass is 127. The van der Waals surface area contributed by atoms with E-state index in [2.05, 4.69) is 34.7 Å². The fourth-order valence-corrected chi connectivity index (χ4v) is 3.01. The summed E-state index contributed by atoms with van der Waals surface area (Å²) in [6.07, 6.45) is 23.2. The van der Waals surface area contributed by atoms with Gasteiger partial charge in [0.1, 0.15) is 0 Å². The molecule has 2 nitrogen and oxygen atoms in total. The van der Waals surface area contributed by atoms with Crippen LogP contribution >= 0.6 is 22.6 Å². The Labute approximate surface area is 158 Å². The first kappa shape index (κ1) is 22.9. The minimum Gasteiger partial charge on any atom is -0.466 e. The molecule has 0 aliphatic rings. The van der Waals surface area contributed by atoms with Gasteiger partial charge in [-0.3, -0.25) is 4.79 Å². The van der Waals surface area contributed by atoms with Crippen LogP contribution in [0.3, 0.4) is 0 Å². The van der Waals surface area contributed by atoms with Gasteiger partial charge in [0.2, 0.25) is 0 Å². The number of allylic oxidation sites excluding steroid dienone is 2. The lowest BCUT2D eigenvalue weighted by molar-refractivity contribution is -0.141. The first-order valence-corrected chi connectivity index (χ1v) is 11.1. The van der Waals surface area contributed by atoms with Gasteiger partial charge in [0.05, 0.1) is 6.61 Å². The average molecular weight is 436 g/mol. The number of alkyl halides is 1. The standard InChI is InChI=1S/C20H37IO2/c1-20(22)23-19-17-15-13-11-9-7-5-3-2-4-6-8-10-12-14-16-18-21/h12,14H,2-11,13,15-19H2,1H3/b14-12+. The van der Waals surface area contributed by atoms with Crippen LogP contribution in [-0.4, -0.2) is 17.0 Å². The fraction of sp³-hybridized carbons (Fsp3) is 0.850. The predicted molar refractivity (Wildman–Crippen MR) is 109 cm³/mol. The van der Waals surface area contributed by atoms with E-state index in [1.54, 1.807) is 0 Å². The summed E-state index contributed by atoms with van der Waals surface area (Å²) in [6, 6.07) is 0. The summed E-state index contributed by atoms with van der Waals surface area (Å²) in [7, 11) is 0. The highest BCUT2D eigenvalue weighted by Crippen LogP contribution is 2.12. The maximum atomic E-state index is 10.6. The molecule has 0 N–H and O–H groups in total. The molecule has 0 aromatic carbocycles. The number of ether oxygens (including phenoxy) is 1. The third kappa shape index (κ3) is 21.9. The molecule has 0 atom stereocenters. The summed E-state index contributed by atoms with van der Waals surface area (Å²) in [4.78, 5) is 10.6. The Morgan fingerprint density at radius 3 is 1.65 bits per heavy atom. The fourth-order valence-electron chi connectivity index (χ4n) is 2.65. The first-order valence-electron chi connectivity index (χ1n) is 9.61. The number of rotatable bonds is 17. The number of esters is 1. The third-order valence-electron chi connectivity index (χ3n) is 4.01. The Bertz CT molecular complexity index is 277. The third-order valence-corrected chi connectivity index (χ3v) is 4.64. The van der Waals surface area contributed by atoms with Crippen molar-refractivity contribution < 1.29 is 9.53 Å². The van der Waals surface area contributed by atoms with E-state index in [0.717, 1.165) is 6.42 Å². The van der Waals surface area contributed by atoms with Crippen molar-refractivity contribution in [2.24, 2.45) is 0 Å². The van der Waals surface area contributed by atoms with Gasteiger partial charge in [0.15, 0.2) is 0 Å². The number of carbonyl (C=O) groups is 1. The van der Waals surface area contributed by atoms with Crippen LogP contribution in [0.15, 0.2) is 12.2 Å². The molecule has 0 aliphatic carbocycles. The smallest absolute Gasteiger partial charge is 0.302 e. The van der Waals surface area contributed by atoms with Crippen LogP contribution in [0.4, 0.5) is 0 Å². The highest BCUT2D eigenvalue weighted by molar-refractivity contribution is 14.1. The Hall–Kier alpha value is -0.0600. The molecule has 0 unspecified atom stereocenters. The molecule has 0 saturated heterocycles. The number of hydrogen-bond acceptors (Lipinski definition) is 2. The molecule has 0 heterocycles. The zero-order valence-corrected chi connectivity index (χ0v) is 17.3. The quantitative estimate of drug-likeness (QED) is 0.0807. The molecule has 0 aliphatic heterocycles. The topological polar surface area (TPSA) is 26.3 Å². The largest absolute Gasteiger partial charge is 0.466 e. The Balaban J connectivity index is 3.01. The van der Waals surface area contributed by atoms with Crippen molar-refractivity contribution in [2.45, 2.75) is 96.8 Å². The van der Waals surface area contributed by atoms with Crippen LogP contribution in [0.5, 0.6) is 0 Å². The summed E-state index contributed by atoms with van der Waals surface area (Å²) in [5.41, 5.74) is 0. The van der Waals surface area contributed by atoms with Gasteiger partial charge in [-0.1, -0.05) is 99.0 Å². The van der Waals surface area contributed by atoms with Gasteiger partial charge >= 0.3 is 5.97 Å². The Kier molecular flexibility index (Phi) is 19.9. The van der Waals surface area contributed by atoms with Crippen LogP contribution in [0.2, 0.25) is 0 Å². The molecule has 0 radical (unpaired) electrons. The van der Waals surface area contributed by atoms with E-state index in [-0.39, 0.29) is 5.97 Å². The number of unbranched alkanes of at least 4 members (excludes halogenated alkanes) is 12. The molecular weight excluding hydrogens is 399 g/mol. The van der Waals surface area contributed by atoms with Crippen molar-refractivity contribution in [3.05, 3.63) is 12.2 Å². The van der Waals surface area contributed by atoms with E-state index in [1.165, 1.54) is 94.8 Å². The molecule has 0 spiro atoms. The van der Waals surface area contributed by atoms with Crippen molar-refractivity contribution >= 4 is 28.6 Å². The van der Waals surface area contributed by atoms with Gasteiger partial charge in [-0.15, -0.1) is 0 Å². The molecule has 136 valence electrons. The minimum absolute atomic E-state index is 0.155. The Morgan fingerprint density at radius 2 is 1.17 bits per heavy atom. The van der Waals surface area contributed by atoms with Gasteiger partial charge < -0.3 is 4.74 Å². The van der Waals surface area contributed by atoms with Crippen LogP contribution in [0.25, 0.3) is 0 Å². The zero-order chi connectivity index (χ0) is 17.0. The van der Waals surface area contributed by atoms with Gasteiger partial charge in [-0.25, -0.2) is 0 Å².